The molecule has 1 heterocycles. The molecule has 0 aliphatic heterocycles. The third-order valence-corrected chi connectivity index (χ3v) is 3.98. The van der Waals surface area contributed by atoms with E-state index in [2.05, 4.69) is 61.1 Å². The second-order valence-electron chi connectivity index (χ2n) is 6.07. The zero-order chi connectivity index (χ0) is 17.8. The van der Waals surface area contributed by atoms with Crippen LogP contribution in [0.2, 0.25) is 0 Å². The Hall–Kier alpha value is -3.14. The summed E-state index contributed by atoms with van der Waals surface area (Å²) in [5, 5.41) is 2.78. The van der Waals surface area contributed by atoms with Gasteiger partial charge in [0.25, 0.3) is 5.91 Å². The Bertz CT molecular complexity index is 887. The minimum absolute atomic E-state index is 0.171. The lowest BCUT2D eigenvalue weighted by Crippen LogP contribution is -2.25. The number of aryl methyl sites for hydroxylation is 2. The molecule has 1 aromatic heterocycles. The third kappa shape index (κ3) is 3.69. The summed E-state index contributed by atoms with van der Waals surface area (Å²) in [7, 11) is 0. The molecular formula is C21H21N3O. The van der Waals surface area contributed by atoms with Crippen LogP contribution in [0.5, 0.6) is 0 Å². The lowest BCUT2D eigenvalue weighted by Gasteiger charge is -2.10. The molecule has 0 saturated heterocycles. The van der Waals surface area contributed by atoms with E-state index < -0.39 is 0 Å². The van der Waals surface area contributed by atoms with Crippen molar-refractivity contribution >= 4 is 5.91 Å². The van der Waals surface area contributed by atoms with Gasteiger partial charge in [0.05, 0.1) is 12.5 Å². The van der Waals surface area contributed by atoms with Gasteiger partial charge < -0.3 is 5.32 Å². The summed E-state index contributed by atoms with van der Waals surface area (Å²) in [4.78, 5) is 16.3. The number of amides is 1. The maximum Gasteiger partial charge on any atom is 0.270 e. The molecule has 126 valence electrons. The molecule has 0 aliphatic carbocycles. The van der Waals surface area contributed by atoms with Gasteiger partial charge in [-0.15, -0.1) is 6.58 Å². The van der Waals surface area contributed by atoms with Crippen molar-refractivity contribution in [3.05, 3.63) is 84.5 Å². The van der Waals surface area contributed by atoms with Gasteiger partial charge in [-0.3, -0.25) is 9.36 Å². The molecule has 0 unspecified atom stereocenters. The molecule has 3 rings (SSSR count). The molecule has 0 spiro atoms. The quantitative estimate of drug-likeness (QED) is 0.716. The molecule has 0 radical (unpaired) electrons. The largest absolute Gasteiger partial charge is 0.347 e. The van der Waals surface area contributed by atoms with Crippen LogP contribution in [-0.2, 0) is 0 Å². The number of hydrogen-bond donors (Lipinski definition) is 1. The van der Waals surface area contributed by atoms with Crippen LogP contribution >= 0.6 is 0 Å². The first kappa shape index (κ1) is 16.7. The topological polar surface area (TPSA) is 46.9 Å². The fraction of sp³-hybridized carbons (Fsp3) is 0.143. The number of nitrogens with zero attached hydrogens (tertiary/aromatic N) is 2. The van der Waals surface area contributed by atoms with Crippen molar-refractivity contribution in [2.75, 3.05) is 6.54 Å². The summed E-state index contributed by atoms with van der Waals surface area (Å²) in [6.45, 7) is 8.24. The van der Waals surface area contributed by atoms with Gasteiger partial charge in [-0.25, -0.2) is 4.98 Å². The number of hydrogen-bond acceptors (Lipinski definition) is 2. The molecule has 0 aliphatic rings. The Morgan fingerprint density at radius 1 is 1.12 bits per heavy atom. The van der Waals surface area contributed by atoms with Crippen LogP contribution in [-0.4, -0.2) is 22.0 Å². The van der Waals surface area contributed by atoms with Crippen LogP contribution in [0.4, 0.5) is 0 Å². The summed E-state index contributed by atoms with van der Waals surface area (Å²) in [5.41, 5.74) is 6.23. The first-order valence-electron chi connectivity index (χ1n) is 8.19. The fourth-order valence-electron chi connectivity index (χ4n) is 2.88. The van der Waals surface area contributed by atoms with Crippen molar-refractivity contribution in [2.45, 2.75) is 13.8 Å². The van der Waals surface area contributed by atoms with Crippen LogP contribution in [0.1, 0.15) is 21.6 Å². The van der Waals surface area contributed by atoms with E-state index in [0.717, 1.165) is 11.3 Å². The zero-order valence-electron chi connectivity index (χ0n) is 14.5. The van der Waals surface area contributed by atoms with Crippen LogP contribution in [0.25, 0.3) is 16.8 Å². The highest BCUT2D eigenvalue weighted by molar-refractivity contribution is 5.93. The molecule has 25 heavy (non-hydrogen) atoms. The van der Waals surface area contributed by atoms with Gasteiger partial charge >= 0.3 is 0 Å². The number of carbonyl (C=O) groups is 1. The maximum absolute atomic E-state index is 12.2. The number of aromatic nitrogens is 2. The van der Waals surface area contributed by atoms with Gasteiger partial charge in [-0.2, -0.15) is 0 Å². The molecule has 2 aromatic carbocycles. The van der Waals surface area contributed by atoms with E-state index in [4.69, 9.17) is 0 Å². The number of rotatable bonds is 5. The molecular weight excluding hydrogens is 310 g/mol. The van der Waals surface area contributed by atoms with Crippen LogP contribution in [0, 0.1) is 13.8 Å². The monoisotopic (exact) mass is 331 g/mol. The average Bonchev–Trinajstić information content (AvgIpc) is 3.09. The number of carbonyl (C=O) groups excluding carboxylic acids is 1. The van der Waals surface area contributed by atoms with E-state index in [9.17, 15) is 4.79 Å². The first-order valence-corrected chi connectivity index (χ1v) is 8.19. The minimum atomic E-state index is -0.171. The predicted octanol–water partition coefficient (Wildman–Crippen LogP) is 4.07. The van der Waals surface area contributed by atoms with Crippen molar-refractivity contribution in [2.24, 2.45) is 0 Å². The van der Waals surface area contributed by atoms with Gasteiger partial charge in [-0.1, -0.05) is 47.5 Å². The van der Waals surface area contributed by atoms with Crippen molar-refractivity contribution in [1.29, 1.82) is 0 Å². The summed E-state index contributed by atoms with van der Waals surface area (Å²) < 4.78 is 1.78. The van der Waals surface area contributed by atoms with Gasteiger partial charge in [0.15, 0.2) is 0 Å². The van der Waals surface area contributed by atoms with Gasteiger partial charge in [0.1, 0.15) is 5.69 Å². The first-order chi connectivity index (χ1) is 12.1. The second-order valence-corrected chi connectivity index (χ2v) is 6.07. The molecule has 4 nitrogen and oxygen atoms in total. The van der Waals surface area contributed by atoms with Crippen molar-refractivity contribution < 1.29 is 4.79 Å². The van der Waals surface area contributed by atoms with Crippen LogP contribution < -0.4 is 5.32 Å². The lowest BCUT2D eigenvalue weighted by atomic mass is 10.0. The normalized spacial score (nSPS) is 10.5. The molecule has 0 saturated carbocycles. The Balaban J connectivity index is 1.90. The Morgan fingerprint density at radius 2 is 1.80 bits per heavy atom. The maximum atomic E-state index is 12.2. The molecule has 1 amide bonds. The van der Waals surface area contributed by atoms with E-state index in [1.807, 2.05) is 12.1 Å². The van der Waals surface area contributed by atoms with E-state index in [1.165, 1.54) is 16.7 Å². The van der Waals surface area contributed by atoms with Crippen molar-refractivity contribution in [1.82, 2.24) is 14.9 Å². The van der Waals surface area contributed by atoms with Crippen LogP contribution in [0.15, 0.2) is 67.6 Å². The summed E-state index contributed by atoms with van der Waals surface area (Å²) >= 11 is 0. The molecule has 0 bridgehead atoms. The highest BCUT2D eigenvalue weighted by Crippen LogP contribution is 2.24. The standard InChI is InChI=1S/C21H21N3O/c1-4-9-23-21(25)20-13-22-14-24(20)19-7-5-17(6-8-19)18-11-15(2)10-16(3)12-18/h4-8,10-14H,1,9H2,2-3H3,(H,23,25). The molecule has 0 atom stereocenters. The number of imidazole rings is 1. The van der Waals surface area contributed by atoms with E-state index in [-0.39, 0.29) is 5.91 Å². The average molecular weight is 331 g/mol. The SMILES string of the molecule is C=CCNC(=O)c1cncn1-c1ccc(-c2cc(C)cc(C)c2)cc1. The van der Waals surface area contributed by atoms with Gasteiger partial charge in [-0.05, 0) is 37.1 Å². The van der Waals surface area contributed by atoms with Crippen LogP contribution in [0.3, 0.4) is 0 Å². The van der Waals surface area contributed by atoms with Crippen molar-refractivity contribution in [3.8, 4) is 16.8 Å². The van der Waals surface area contributed by atoms with E-state index >= 15 is 0 Å². The van der Waals surface area contributed by atoms with Crippen molar-refractivity contribution in [3.63, 3.8) is 0 Å². The zero-order valence-corrected chi connectivity index (χ0v) is 14.5. The Labute approximate surface area is 147 Å². The highest BCUT2D eigenvalue weighted by atomic mass is 16.1. The minimum Gasteiger partial charge on any atom is -0.347 e. The van der Waals surface area contributed by atoms with E-state index in [0.29, 0.717) is 12.2 Å². The summed E-state index contributed by atoms with van der Waals surface area (Å²) in [5.74, 6) is -0.171. The molecule has 4 heteroatoms. The summed E-state index contributed by atoms with van der Waals surface area (Å²) in [6, 6.07) is 14.6. The number of benzene rings is 2. The number of nitrogens with one attached hydrogen (secondary N) is 1. The highest BCUT2D eigenvalue weighted by Gasteiger charge is 2.12. The molecule has 1 N–H and O–H groups in total. The fourth-order valence-corrected chi connectivity index (χ4v) is 2.88. The second kappa shape index (κ2) is 7.18. The Kier molecular flexibility index (Phi) is 4.80. The Morgan fingerprint density at radius 3 is 2.44 bits per heavy atom. The summed E-state index contributed by atoms with van der Waals surface area (Å²) in [6.07, 6.45) is 4.86. The molecule has 3 aromatic rings. The smallest absolute Gasteiger partial charge is 0.270 e. The van der Waals surface area contributed by atoms with Gasteiger partial charge in [0.2, 0.25) is 0 Å². The predicted molar refractivity (Wildman–Crippen MR) is 101 cm³/mol. The lowest BCUT2D eigenvalue weighted by molar-refractivity contribution is 0.0951. The van der Waals surface area contributed by atoms with E-state index in [1.54, 1.807) is 23.2 Å². The third-order valence-electron chi connectivity index (χ3n) is 3.98. The van der Waals surface area contributed by atoms with Gasteiger partial charge in [0, 0.05) is 12.2 Å². The molecule has 0 fully saturated rings.